The molecular weight excluding hydrogens is 285 g/mol. The largest absolute Gasteiger partial charge is 0.478 e. The smallest absolute Gasteiger partial charge is 0.338 e. The first-order chi connectivity index (χ1) is 9.49. The Morgan fingerprint density at radius 2 is 1.90 bits per heavy atom. The van der Waals surface area contributed by atoms with E-state index in [4.69, 9.17) is 5.11 Å². The molecule has 2 aromatic rings. The zero-order valence-electron chi connectivity index (χ0n) is 9.95. The Kier molecular flexibility index (Phi) is 3.99. The van der Waals surface area contributed by atoms with Gasteiger partial charge in [-0.1, -0.05) is 30.0 Å². The summed E-state index contributed by atoms with van der Waals surface area (Å²) in [6.45, 7) is 0. The fourth-order valence-electron chi connectivity index (χ4n) is 1.55. The van der Waals surface area contributed by atoms with Crippen LogP contribution >= 0.6 is 11.8 Å². The summed E-state index contributed by atoms with van der Waals surface area (Å²) in [7, 11) is 0. The van der Waals surface area contributed by atoms with Crippen LogP contribution in [0.4, 0.5) is 10.1 Å². The van der Waals surface area contributed by atoms with E-state index in [1.807, 2.05) is 0 Å². The van der Waals surface area contributed by atoms with Crippen molar-refractivity contribution in [3.8, 4) is 0 Å². The summed E-state index contributed by atoms with van der Waals surface area (Å²) >= 11 is 1.00. The molecule has 0 saturated carbocycles. The van der Waals surface area contributed by atoms with Gasteiger partial charge in [0.2, 0.25) is 0 Å². The summed E-state index contributed by atoms with van der Waals surface area (Å²) in [5, 5.41) is 19.8. The van der Waals surface area contributed by atoms with E-state index in [1.165, 1.54) is 0 Å². The topological polar surface area (TPSA) is 80.4 Å². The van der Waals surface area contributed by atoms with Gasteiger partial charge < -0.3 is 5.11 Å². The Morgan fingerprint density at radius 3 is 2.45 bits per heavy atom. The van der Waals surface area contributed by atoms with Gasteiger partial charge in [-0.05, 0) is 18.2 Å². The van der Waals surface area contributed by atoms with Gasteiger partial charge in [-0.15, -0.1) is 0 Å². The molecule has 0 aliphatic heterocycles. The SMILES string of the molecule is O=C(O)c1cc([N+](=O)[O-])c(Sc2ccccc2)cc1F. The van der Waals surface area contributed by atoms with Gasteiger partial charge in [0.1, 0.15) is 11.4 Å². The Bertz CT molecular complexity index is 676. The van der Waals surface area contributed by atoms with Gasteiger partial charge in [-0.3, -0.25) is 10.1 Å². The molecule has 0 aliphatic carbocycles. The van der Waals surface area contributed by atoms with Crippen molar-refractivity contribution in [3.05, 3.63) is 64.0 Å². The Labute approximate surface area is 117 Å². The summed E-state index contributed by atoms with van der Waals surface area (Å²) in [6.07, 6.45) is 0. The van der Waals surface area contributed by atoms with Crippen LogP contribution < -0.4 is 0 Å². The third-order valence-electron chi connectivity index (χ3n) is 2.45. The van der Waals surface area contributed by atoms with Crippen molar-refractivity contribution in [2.75, 3.05) is 0 Å². The number of hydrogen-bond acceptors (Lipinski definition) is 4. The number of benzene rings is 2. The van der Waals surface area contributed by atoms with E-state index in [2.05, 4.69) is 0 Å². The van der Waals surface area contributed by atoms with Crippen molar-refractivity contribution in [2.24, 2.45) is 0 Å². The summed E-state index contributed by atoms with van der Waals surface area (Å²) in [5.74, 6) is -2.54. The van der Waals surface area contributed by atoms with E-state index < -0.39 is 28.0 Å². The lowest BCUT2D eigenvalue weighted by molar-refractivity contribution is -0.387. The van der Waals surface area contributed by atoms with Crippen molar-refractivity contribution in [3.63, 3.8) is 0 Å². The number of carboxylic acid groups (broad SMARTS) is 1. The zero-order valence-corrected chi connectivity index (χ0v) is 10.8. The summed E-state index contributed by atoms with van der Waals surface area (Å²) in [5.41, 5.74) is -1.15. The van der Waals surface area contributed by atoms with Crippen LogP contribution in [0, 0.1) is 15.9 Å². The van der Waals surface area contributed by atoms with Crippen molar-refractivity contribution in [2.45, 2.75) is 9.79 Å². The lowest BCUT2D eigenvalue weighted by Gasteiger charge is -2.05. The van der Waals surface area contributed by atoms with Crippen LogP contribution in [-0.4, -0.2) is 16.0 Å². The molecule has 0 amide bonds. The van der Waals surface area contributed by atoms with Gasteiger partial charge in [0.05, 0.1) is 9.82 Å². The molecule has 5 nitrogen and oxygen atoms in total. The first kappa shape index (κ1) is 14.0. The highest BCUT2D eigenvalue weighted by Gasteiger charge is 2.22. The number of nitro groups is 1. The van der Waals surface area contributed by atoms with Crippen LogP contribution in [0.25, 0.3) is 0 Å². The predicted molar refractivity (Wildman–Crippen MR) is 70.6 cm³/mol. The lowest BCUT2D eigenvalue weighted by atomic mass is 10.2. The number of halogens is 1. The molecule has 0 saturated heterocycles. The van der Waals surface area contributed by atoms with Gasteiger partial charge in [-0.2, -0.15) is 0 Å². The maximum absolute atomic E-state index is 13.6. The summed E-state index contributed by atoms with van der Waals surface area (Å²) in [6, 6.07) is 10.3. The average Bonchev–Trinajstić information content (AvgIpc) is 2.39. The second-order valence-corrected chi connectivity index (χ2v) is 4.89. The van der Waals surface area contributed by atoms with Gasteiger partial charge >= 0.3 is 5.97 Å². The molecule has 102 valence electrons. The van der Waals surface area contributed by atoms with Crippen molar-refractivity contribution < 1.29 is 19.2 Å². The summed E-state index contributed by atoms with van der Waals surface area (Å²) < 4.78 is 13.6. The van der Waals surface area contributed by atoms with Crippen molar-refractivity contribution in [1.29, 1.82) is 0 Å². The highest BCUT2D eigenvalue weighted by molar-refractivity contribution is 7.99. The molecule has 1 N–H and O–H groups in total. The molecule has 0 bridgehead atoms. The van der Waals surface area contributed by atoms with E-state index in [0.717, 1.165) is 23.9 Å². The minimum atomic E-state index is -1.54. The molecule has 7 heteroatoms. The maximum atomic E-state index is 13.6. The van der Waals surface area contributed by atoms with Crippen LogP contribution in [0.3, 0.4) is 0 Å². The summed E-state index contributed by atoms with van der Waals surface area (Å²) in [4.78, 5) is 21.8. The number of rotatable bonds is 4. The molecule has 0 unspecified atom stereocenters. The molecule has 2 aromatic carbocycles. The molecule has 0 aliphatic rings. The zero-order chi connectivity index (χ0) is 14.7. The predicted octanol–water partition coefficient (Wildman–Crippen LogP) is 3.58. The quantitative estimate of drug-likeness (QED) is 0.688. The third-order valence-corrected chi connectivity index (χ3v) is 3.50. The number of carbonyl (C=O) groups is 1. The van der Waals surface area contributed by atoms with Crippen LogP contribution in [0.15, 0.2) is 52.3 Å². The second-order valence-electron chi connectivity index (χ2n) is 3.78. The molecule has 2 rings (SSSR count). The average molecular weight is 293 g/mol. The van der Waals surface area contributed by atoms with Gasteiger partial charge in [-0.25, -0.2) is 9.18 Å². The lowest BCUT2D eigenvalue weighted by Crippen LogP contribution is -2.03. The number of nitrogens with zero attached hydrogens (tertiary/aromatic N) is 1. The van der Waals surface area contributed by atoms with Crippen LogP contribution in [-0.2, 0) is 0 Å². The Morgan fingerprint density at radius 1 is 1.25 bits per heavy atom. The molecular formula is C13H8FNO4S. The standard InChI is InChI=1S/C13H8FNO4S/c14-10-7-12(20-8-4-2-1-3-5-8)11(15(18)19)6-9(10)13(16)17/h1-7H,(H,16,17). The second kappa shape index (κ2) is 5.70. The van der Waals surface area contributed by atoms with Crippen LogP contribution in [0.1, 0.15) is 10.4 Å². The Balaban J connectivity index is 2.49. The molecule has 0 aromatic heterocycles. The molecule has 0 spiro atoms. The number of carboxylic acids is 1. The third kappa shape index (κ3) is 2.94. The molecule has 0 atom stereocenters. The van der Waals surface area contributed by atoms with E-state index in [0.29, 0.717) is 4.90 Å². The van der Waals surface area contributed by atoms with Crippen molar-refractivity contribution >= 4 is 23.4 Å². The van der Waals surface area contributed by atoms with E-state index in [9.17, 15) is 19.3 Å². The molecule has 20 heavy (non-hydrogen) atoms. The number of hydrogen-bond donors (Lipinski definition) is 1. The van der Waals surface area contributed by atoms with Crippen LogP contribution in [0.5, 0.6) is 0 Å². The monoisotopic (exact) mass is 293 g/mol. The molecule has 0 heterocycles. The fourth-order valence-corrected chi connectivity index (χ4v) is 2.49. The normalized spacial score (nSPS) is 10.2. The number of nitro benzene ring substituents is 1. The highest BCUT2D eigenvalue weighted by atomic mass is 32.2. The fraction of sp³-hybridized carbons (Fsp3) is 0. The van der Waals surface area contributed by atoms with Gasteiger partial charge in [0.15, 0.2) is 0 Å². The van der Waals surface area contributed by atoms with E-state index in [1.54, 1.807) is 30.3 Å². The minimum Gasteiger partial charge on any atom is -0.478 e. The van der Waals surface area contributed by atoms with Gasteiger partial charge in [0, 0.05) is 11.0 Å². The maximum Gasteiger partial charge on any atom is 0.338 e. The van der Waals surface area contributed by atoms with Gasteiger partial charge in [0.25, 0.3) is 5.69 Å². The highest BCUT2D eigenvalue weighted by Crippen LogP contribution is 2.36. The van der Waals surface area contributed by atoms with Crippen molar-refractivity contribution in [1.82, 2.24) is 0 Å². The minimum absolute atomic E-state index is 0.0590. The van der Waals surface area contributed by atoms with E-state index >= 15 is 0 Å². The first-order valence-corrected chi connectivity index (χ1v) is 6.25. The molecule has 0 radical (unpaired) electrons. The van der Waals surface area contributed by atoms with Crippen LogP contribution in [0.2, 0.25) is 0 Å². The Hall–Kier alpha value is -2.41. The van der Waals surface area contributed by atoms with E-state index in [-0.39, 0.29) is 4.90 Å². The first-order valence-electron chi connectivity index (χ1n) is 5.43. The molecule has 0 fully saturated rings. The number of aromatic carboxylic acids is 1.